The first-order valence-electron chi connectivity index (χ1n) is 12.5. The van der Waals surface area contributed by atoms with Crippen molar-refractivity contribution in [3.63, 3.8) is 0 Å². The third-order valence-electron chi connectivity index (χ3n) is 6.30. The number of H-pyrrole nitrogens is 1. The lowest BCUT2D eigenvalue weighted by Crippen LogP contribution is -2.49. The molecule has 4 rings (SSSR count). The third-order valence-corrected chi connectivity index (χ3v) is 6.30. The summed E-state index contributed by atoms with van der Waals surface area (Å²) in [5.74, 6) is 0.646. The third kappa shape index (κ3) is 5.60. The molecule has 0 saturated heterocycles. The number of aromatic amines is 1. The van der Waals surface area contributed by atoms with E-state index in [9.17, 15) is 5.11 Å². The lowest BCUT2D eigenvalue weighted by atomic mass is 10.0. The molecular weight excluding hydrogens is 460 g/mol. The van der Waals surface area contributed by atoms with Gasteiger partial charge in [0.1, 0.15) is 17.8 Å². The Hall–Kier alpha value is -2.83. The fourth-order valence-corrected chi connectivity index (χ4v) is 4.43. The van der Waals surface area contributed by atoms with Crippen LogP contribution in [0, 0.1) is 19.8 Å². The molecule has 0 radical (unpaired) electrons. The van der Waals surface area contributed by atoms with Crippen molar-refractivity contribution in [2.75, 3.05) is 26.3 Å². The van der Waals surface area contributed by atoms with Crippen LogP contribution in [0.2, 0.25) is 0 Å². The molecule has 11 heteroatoms. The maximum atomic E-state index is 9.35. The Bertz CT molecular complexity index is 1200. The number of aliphatic hydroxyl groups is 1. The van der Waals surface area contributed by atoms with Crippen LogP contribution in [0.5, 0.6) is 5.88 Å². The van der Waals surface area contributed by atoms with Crippen LogP contribution in [0.4, 0.5) is 0 Å². The van der Waals surface area contributed by atoms with E-state index in [4.69, 9.17) is 14.5 Å². The number of ether oxygens (including phenoxy) is 2. The minimum absolute atomic E-state index is 0.0336. The summed E-state index contributed by atoms with van der Waals surface area (Å²) in [7, 11) is 1.89. The molecule has 11 nitrogen and oxygen atoms in total. The molecule has 4 heterocycles. The van der Waals surface area contributed by atoms with E-state index in [0.29, 0.717) is 25.6 Å². The van der Waals surface area contributed by atoms with E-state index in [0.717, 1.165) is 39.2 Å². The molecule has 4 atom stereocenters. The molecule has 0 spiro atoms. The number of fused-ring (bicyclic) bond motifs is 3. The van der Waals surface area contributed by atoms with Crippen LogP contribution in [0.3, 0.4) is 0 Å². The Kier molecular flexibility index (Phi) is 8.37. The van der Waals surface area contributed by atoms with Crippen molar-refractivity contribution < 1.29 is 14.6 Å². The van der Waals surface area contributed by atoms with Gasteiger partial charge in [0.05, 0.1) is 34.9 Å². The summed E-state index contributed by atoms with van der Waals surface area (Å²) in [5, 5.41) is 26.2. The number of pyridine rings is 1. The fourth-order valence-electron chi connectivity index (χ4n) is 4.43. The predicted molar refractivity (Wildman–Crippen MR) is 139 cm³/mol. The molecule has 1 aliphatic heterocycles. The molecule has 3 aromatic heterocycles. The van der Waals surface area contributed by atoms with Crippen LogP contribution in [-0.4, -0.2) is 74.7 Å². The van der Waals surface area contributed by atoms with Gasteiger partial charge in [0.2, 0.25) is 5.88 Å². The molecule has 0 aromatic carbocycles. The maximum absolute atomic E-state index is 9.35. The van der Waals surface area contributed by atoms with Gasteiger partial charge in [-0.05, 0) is 46.8 Å². The highest BCUT2D eigenvalue weighted by Crippen LogP contribution is 2.35. The Morgan fingerprint density at radius 2 is 2.14 bits per heavy atom. The van der Waals surface area contributed by atoms with Crippen LogP contribution < -0.4 is 20.9 Å². The monoisotopic (exact) mass is 498 g/mol. The Morgan fingerprint density at radius 3 is 2.89 bits per heavy atom. The molecule has 0 aliphatic carbocycles. The number of nitrogens with one attached hydrogen (secondary N) is 4. The van der Waals surface area contributed by atoms with Gasteiger partial charge in [-0.25, -0.2) is 4.68 Å². The van der Waals surface area contributed by atoms with E-state index in [1.807, 2.05) is 41.7 Å². The van der Waals surface area contributed by atoms with Crippen molar-refractivity contribution in [2.24, 2.45) is 13.0 Å². The minimum atomic E-state index is -0.264. The average molecular weight is 499 g/mol. The molecule has 196 valence electrons. The number of rotatable bonds is 7. The minimum Gasteiger partial charge on any atom is -0.473 e. The van der Waals surface area contributed by atoms with Gasteiger partial charge < -0.3 is 14.6 Å². The lowest BCUT2D eigenvalue weighted by Gasteiger charge is -2.28. The van der Waals surface area contributed by atoms with Crippen LogP contribution in [-0.2, 0) is 11.8 Å². The molecule has 36 heavy (non-hydrogen) atoms. The summed E-state index contributed by atoms with van der Waals surface area (Å²) in [6.07, 6.45) is 3.76. The molecule has 3 aromatic rings. The van der Waals surface area contributed by atoms with Crippen molar-refractivity contribution >= 4 is 17.0 Å². The molecule has 0 saturated carbocycles. The number of aryl methyl sites for hydroxylation is 3. The SMILES string of the molecule is CCOC1NC[C@H](C)Oc2c(c(C)nn2C)-c2cc3c([nH]nc3c(C)n2)/C=C/C1CNN[C@@H](C)CO. The summed E-state index contributed by atoms with van der Waals surface area (Å²) < 4.78 is 14.3. The van der Waals surface area contributed by atoms with E-state index in [1.165, 1.54) is 0 Å². The summed E-state index contributed by atoms with van der Waals surface area (Å²) in [6, 6.07) is 1.98. The van der Waals surface area contributed by atoms with E-state index in [-0.39, 0.29) is 30.9 Å². The number of nitrogens with zero attached hydrogens (tertiary/aromatic N) is 4. The number of hydrazine groups is 1. The number of hydrogen-bond acceptors (Lipinski definition) is 9. The molecule has 2 bridgehead atoms. The molecule has 5 N–H and O–H groups in total. The zero-order valence-corrected chi connectivity index (χ0v) is 21.9. The van der Waals surface area contributed by atoms with Crippen molar-refractivity contribution in [1.29, 1.82) is 0 Å². The van der Waals surface area contributed by atoms with E-state index < -0.39 is 0 Å². The molecule has 0 amide bonds. The van der Waals surface area contributed by atoms with Gasteiger partial charge in [-0.3, -0.25) is 26.3 Å². The van der Waals surface area contributed by atoms with Gasteiger partial charge in [0.25, 0.3) is 0 Å². The molecule has 2 unspecified atom stereocenters. The van der Waals surface area contributed by atoms with E-state index >= 15 is 0 Å². The van der Waals surface area contributed by atoms with Crippen molar-refractivity contribution in [2.45, 2.75) is 53.0 Å². The topological polar surface area (TPSA) is 134 Å². The number of aromatic nitrogens is 5. The highest BCUT2D eigenvalue weighted by atomic mass is 16.5. The smallest absolute Gasteiger partial charge is 0.221 e. The first kappa shape index (κ1) is 26.2. The zero-order valence-electron chi connectivity index (χ0n) is 21.9. The summed E-state index contributed by atoms with van der Waals surface area (Å²) in [5.41, 5.74) is 11.5. The van der Waals surface area contributed by atoms with Crippen molar-refractivity contribution in [3.05, 3.63) is 29.2 Å². The van der Waals surface area contributed by atoms with Crippen LogP contribution in [0.1, 0.15) is 37.9 Å². The number of aliphatic hydroxyl groups excluding tert-OH is 1. The van der Waals surface area contributed by atoms with E-state index in [1.54, 1.807) is 4.68 Å². The van der Waals surface area contributed by atoms with Crippen LogP contribution in [0.25, 0.3) is 28.2 Å². The summed E-state index contributed by atoms with van der Waals surface area (Å²) in [4.78, 5) is 4.85. The zero-order chi connectivity index (χ0) is 25.8. The standard InChI is InChI=1S/C25H38N8O3/c1-7-35-24-18(12-27-29-14(2)13-34)8-9-20-19-10-21(28-17(5)23(19)31-30-20)22-16(4)32-33(6)25(22)36-15(3)11-26-24/h8-10,14-15,18,24,26-27,29,34H,7,11-13H2,1-6H3,(H,30,31)/b9-8+/t14-,15-,18?,24?/m0/s1. The van der Waals surface area contributed by atoms with Gasteiger partial charge in [-0.1, -0.05) is 6.08 Å². The highest BCUT2D eigenvalue weighted by molar-refractivity contribution is 5.91. The number of hydrogen-bond donors (Lipinski definition) is 5. The highest BCUT2D eigenvalue weighted by Gasteiger charge is 2.25. The van der Waals surface area contributed by atoms with Gasteiger partial charge in [0, 0.05) is 44.1 Å². The van der Waals surface area contributed by atoms with Crippen LogP contribution in [0.15, 0.2) is 12.1 Å². The normalized spacial score (nSPS) is 22.2. The van der Waals surface area contributed by atoms with Gasteiger partial charge in [-0.15, -0.1) is 0 Å². The van der Waals surface area contributed by atoms with Crippen molar-refractivity contribution in [3.8, 4) is 17.1 Å². The second kappa shape index (κ2) is 11.5. The summed E-state index contributed by atoms with van der Waals surface area (Å²) in [6.45, 7) is 11.6. The first-order valence-corrected chi connectivity index (χ1v) is 12.5. The largest absolute Gasteiger partial charge is 0.473 e. The lowest BCUT2D eigenvalue weighted by molar-refractivity contribution is 0.00257. The van der Waals surface area contributed by atoms with Crippen LogP contribution >= 0.6 is 0 Å². The van der Waals surface area contributed by atoms with E-state index in [2.05, 4.69) is 49.7 Å². The maximum Gasteiger partial charge on any atom is 0.221 e. The van der Waals surface area contributed by atoms with Crippen molar-refractivity contribution in [1.82, 2.24) is 41.1 Å². The molecular formula is C25H38N8O3. The Morgan fingerprint density at radius 1 is 1.33 bits per heavy atom. The quantitative estimate of drug-likeness (QED) is 0.309. The van der Waals surface area contributed by atoms with Gasteiger partial charge >= 0.3 is 0 Å². The Labute approximate surface area is 211 Å². The average Bonchev–Trinajstić information content (AvgIpc) is 3.38. The second-order valence-electron chi connectivity index (χ2n) is 9.36. The first-order chi connectivity index (χ1) is 17.3. The summed E-state index contributed by atoms with van der Waals surface area (Å²) >= 11 is 0. The predicted octanol–water partition coefficient (Wildman–Crippen LogP) is 1.81. The second-order valence-corrected chi connectivity index (χ2v) is 9.36. The molecule has 1 aliphatic rings. The fraction of sp³-hybridized carbons (Fsp3) is 0.560. The van der Waals surface area contributed by atoms with Gasteiger partial charge in [0.15, 0.2) is 0 Å². The van der Waals surface area contributed by atoms with Gasteiger partial charge in [-0.2, -0.15) is 10.2 Å². The Balaban J connectivity index is 1.79. The molecule has 0 fully saturated rings.